The van der Waals surface area contributed by atoms with Crippen LogP contribution in [0.1, 0.15) is 11.1 Å². The van der Waals surface area contributed by atoms with E-state index in [1.54, 1.807) is 24.3 Å². The Hall–Kier alpha value is -2.52. The van der Waals surface area contributed by atoms with Crippen molar-refractivity contribution in [1.82, 2.24) is 0 Å². The third kappa shape index (κ3) is 3.73. The van der Waals surface area contributed by atoms with Crippen LogP contribution in [-0.2, 0) is 15.8 Å². The predicted octanol–water partition coefficient (Wildman–Crippen LogP) is 2.21. The SMILES string of the molecule is N#Cc1ccc(CS(=O)(=O)Nc2ccc(O)cc2)cc1. The van der Waals surface area contributed by atoms with Crippen LogP contribution in [0, 0.1) is 11.3 Å². The summed E-state index contributed by atoms with van der Waals surface area (Å²) in [6.07, 6.45) is 0. The first-order valence-corrected chi connectivity index (χ1v) is 7.42. The molecule has 0 radical (unpaired) electrons. The van der Waals surface area contributed by atoms with Crippen molar-refractivity contribution < 1.29 is 13.5 Å². The Morgan fingerprint density at radius 3 is 2.20 bits per heavy atom. The van der Waals surface area contributed by atoms with Crippen LogP contribution in [0.5, 0.6) is 5.75 Å². The maximum atomic E-state index is 12.0. The van der Waals surface area contributed by atoms with Crippen LogP contribution in [0.15, 0.2) is 48.5 Å². The van der Waals surface area contributed by atoms with Gasteiger partial charge >= 0.3 is 0 Å². The zero-order valence-electron chi connectivity index (χ0n) is 10.4. The molecule has 0 amide bonds. The number of benzene rings is 2. The first-order valence-electron chi connectivity index (χ1n) is 5.77. The molecule has 0 fully saturated rings. The Morgan fingerprint density at radius 1 is 1.05 bits per heavy atom. The number of aromatic hydroxyl groups is 1. The van der Waals surface area contributed by atoms with Crippen molar-refractivity contribution in [3.8, 4) is 11.8 Å². The first kappa shape index (κ1) is 13.9. The molecular weight excluding hydrogens is 276 g/mol. The number of rotatable bonds is 4. The van der Waals surface area contributed by atoms with Crippen LogP contribution < -0.4 is 4.72 Å². The Balaban J connectivity index is 2.10. The number of hydrogen-bond acceptors (Lipinski definition) is 4. The van der Waals surface area contributed by atoms with Gasteiger partial charge in [0.15, 0.2) is 0 Å². The molecule has 6 heteroatoms. The predicted molar refractivity (Wildman–Crippen MR) is 75.5 cm³/mol. The Morgan fingerprint density at radius 2 is 1.65 bits per heavy atom. The van der Waals surface area contributed by atoms with Crippen LogP contribution in [-0.4, -0.2) is 13.5 Å². The third-order valence-corrected chi connectivity index (χ3v) is 3.84. The fraction of sp³-hybridized carbons (Fsp3) is 0.0714. The summed E-state index contributed by atoms with van der Waals surface area (Å²) >= 11 is 0. The van der Waals surface area contributed by atoms with E-state index in [0.717, 1.165) is 0 Å². The number of nitrogens with zero attached hydrogens (tertiary/aromatic N) is 1. The van der Waals surface area contributed by atoms with Crippen LogP contribution in [0.2, 0.25) is 0 Å². The fourth-order valence-corrected chi connectivity index (χ4v) is 2.84. The topological polar surface area (TPSA) is 90.2 Å². The number of nitrogens with one attached hydrogen (secondary N) is 1. The number of sulfonamides is 1. The van der Waals surface area contributed by atoms with Crippen LogP contribution >= 0.6 is 0 Å². The Labute approximate surface area is 117 Å². The molecule has 102 valence electrons. The number of hydrogen-bond donors (Lipinski definition) is 2. The van der Waals surface area contributed by atoms with Crippen molar-refractivity contribution in [3.05, 3.63) is 59.7 Å². The van der Waals surface area contributed by atoms with E-state index in [1.165, 1.54) is 24.3 Å². The van der Waals surface area contributed by atoms with Gasteiger partial charge in [0.2, 0.25) is 10.0 Å². The van der Waals surface area contributed by atoms with Gasteiger partial charge in [-0.3, -0.25) is 4.72 Å². The average molecular weight is 288 g/mol. The summed E-state index contributed by atoms with van der Waals surface area (Å²) in [7, 11) is -3.53. The fourth-order valence-electron chi connectivity index (χ4n) is 1.64. The average Bonchev–Trinajstić information content (AvgIpc) is 2.41. The minimum absolute atomic E-state index is 0.0695. The largest absolute Gasteiger partial charge is 0.508 e. The molecule has 5 nitrogen and oxygen atoms in total. The van der Waals surface area contributed by atoms with Crippen molar-refractivity contribution in [2.45, 2.75) is 5.75 Å². The summed E-state index contributed by atoms with van der Waals surface area (Å²) in [6.45, 7) is 0. The zero-order valence-corrected chi connectivity index (χ0v) is 11.3. The van der Waals surface area contributed by atoms with Gasteiger partial charge in [0.1, 0.15) is 5.75 Å². The van der Waals surface area contributed by atoms with Gasteiger partial charge in [0, 0.05) is 5.69 Å². The summed E-state index contributed by atoms with van der Waals surface area (Å²) in [5.41, 5.74) is 1.46. The standard InChI is InChI=1S/C14H12N2O3S/c15-9-11-1-3-12(4-2-11)10-20(18,19)16-13-5-7-14(17)8-6-13/h1-8,16-17H,10H2. The molecule has 0 bridgehead atoms. The van der Waals surface area contributed by atoms with Crippen LogP contribution in [0.25, 0.3) is 0 Å². The molecule has 0 unspecified atom stereocenters. The molecule has 2 rings (SSSR count). The number of nitriles is 1. The van der Waals surface area contributed by atoms with E-state index in [9.17, 15) is 8.42 Å². The monoisotopic (exact) mass is 288 g/mol. The molecule has 2 N–H and O–H groups in total. The Kier molecular flexibility index (Phi) is 3.91. The highest BCUT2D eigenvalue weighted by Crippen LogP contribution is 2.16. The van der Waals surface area contributed by atoms with Gasteiger partial charge in [-0.25, -0.2) is 8.42 Å². The highest BCUT2D eigenvalue weighted by molar-refractivity contribution is 7.91. The van der Waals surface area contributed by atoms with Gasteiger partial charge in [-0.2, -0.15) is 5.26 Å². The maximum Gasteiger partial charge on any atom is 0.236 e. The maximum absolute atomic E-state index is 12.0. The molecule has 0 atom stereocenters. The smallest absolute Gasteiger partial charge is 0.236 e. The van der Waals surface area contributed by atoms with Gasteiger partial charge in [-0.1, -0.05) is 12.1 Å². The molecule has 0 aliphatic carbocycles. The molecular formula is C14H12N2O3S. The van der Waals surface area contributed by atoms with Crippen LogP contribution in [0.3, 0.4) is 0 Å². The van der Waals surface area contributed by atoms with Gasteiger partial charge < -0.3 is 5.11 Å². The molecule has 0 aromatic heterocycles. The molecule has 2 aromatic rings. The lowest BCUT2D eigenvalue weighted by Gasteiger charge is -2.08. The van der Waals surface area contributed by atoms with Crippen LogP contribution in [0.4, 0.5) is 5.69 Å². The normalized spacial score (nSPS) is 10.8. The van der Waals surface area contributed by atoms with Crippen molar-refractivity contribution in [1.29, 1.82) is 5.26 Å². The summed E-state index contributed by atoms with van der Waals surface area (Å²) in [6, 6.07) is 14.1. The van der Waals surface area contributed by atoms with Crippen molar-refractivity contribution in [2.24, 2.45) is 0 Å². The molecule has 2 aromatic carbocycles. The lowest BCUT2D eigenvalue weighted by molar-refractivity contribution is 0.475. The van der Waals surface area contributed by atoms with E-state index in [1.807, 2.05) is 6.07 Å². The highest BCUT2D eigenvalue weighted by Gasteiger charge is 2.11. The van der Waals surface area contributed by atoms with Gasteiger partial charge in [0.05, 0.1) is 17.4 Å². The molecule has 0 saturated heterocycles. The van der Waals surface area contributed by atoms with Crippen molar-refractivity contribution in [2.75, 3.05) is 4.72 Å². The molecule has 0 saturated carbocycles. The Bertz CT molecular complexity index is 729. The van der Waals surface area contributed by atoms with Crippen molar-refractivity contribution in [3.63, 3.8) is 0 Å². The summed E-state index contributed by atoms with van der Waals surface area (Å²) < 4.78 is 26.4. The molecule has 0 spiro atoms. The van der Waals surface area contributed by atoms with Gasteiger partial charge in [-0.15, -0.1) is 0 Å². The number of phenols is 1. The second-order valence-electron chi connectivity index (χ2n) is 4.22. The van der Waals surface area contributed by atoms with E-state index in [4.69, 9.17) is 10.4 Å². The second-order valence-corrected chi connectivity index (χ2v) is 5.94. The number of phenolic OH excluding ortho intramolecular Hbond substituents is 1. The van der Waals surface area contributed by atoms with E-state index < -0.39 is 10.0 Å². The third-order valence-electron chi connectivity index (χ3n) is 2.58. The van der Waals surface area contributed by atoms with E-state index >= 15 is 0 Å². The lowest BCUT2D eigenvalue weighted by Crippen LogP contribution is -2.14. The molecule has 0 aliphatic heterocycles. The number of anilines is 1. The minimum atomic E-state index is -3.53. The quantitative estimate of drug-likeness (QED) is 0.844. The zero-order chi connectivity index (χ0) is 14.6. The van der Waals surface area contributed by atoms with E-state index in [2.05, 4.69) is 4.72 Å². The van der Waals surface area contributed by atoms with Crippen molar-refractivity contribution >= 4 is 15.7 Å². The second kappa shape index (κ2) is 5.63. The molecule has 20 heavy (non-hydrogen) atoms. The minimum Gasteiger partial charge on any atom is -0.508 e. The molecule has 0 heterocycles. The summed E-state index contributed by atoms with van der Waals surface area (Å²) in [4.78, 5) is 0. The van der Waals surface area contributed by atoms with E-state index in [-0.39, 0.29) is 11.5 Å². The lowest BCUT2D eigenvalue weighted by atomic mass is 10.2. The molecule has 0 aliphatic rings. The summed E-state index contributed by atoms with van der Waals surface area (Å²) in [5, 5.41) is 17.8. The van der Waals surface area contributed by atoms with Gasteiger partial charge in [0.25, 0.3) is 0 Å². The first-order chi connectivity index (χ1) is 9.48. The highest BCUT2D eigenvalue weighted by atomic mass is 32.2. The summed E-state index contributed by atoms with van der Waals surface area (Å²) in [5.74, 6) is -0.111. The van der Waals surface area contributed by atoms with Gasteiger partial charge in [-0.05, 0) is 42.0 Å². The van der Waals surface area contributed by atoms with E-state index in [0.29, 0.717) is 16.8 Å².